The largest absolute Gasteiger partial charge is 0.349 e. The van der Waals surface area contributed by atoms with Crippen molar-refractivity contribution >= 4 is 69.6 Å². The van der Waals surface area contributed by atoms with Gasteiger partial charge >= 0.3 is 0 Å². The third-order valence-corrected chi connectivity index (χ3v) is 6.15. The number of hydrogen-bond acceptors (Lipinski definition) is 4. The van der Waals surface area contributed by atoms with Gasteiger partial charge in [-0.1, -0.05) is 40.9 Å². The van der Waals surface area contributed by atoms with E-state index in [1.165, 1.54) is 0 Å². The van der Waals surface area contributed by atoms with Gasteiger partial charge in [-0.2, -0.15) is 0 Å². The molecule has 3 aromatic carbocycles. The molecule has 0 aliphatic carbocycles. The molecule has 1 aliphatic heterocycles. The number of aryl methyl sites for hydroxylation is 2. The van der Waals surface area contributed by atoms with Crippen molar-refractivity contribution in [1.29, 1.82) is 0 Å². The number of nitrogens with zero attached hydrogens (tertiary/aromatic N) is 1. The van der Waals surface area contributed by atoms with E-state index in [9.17, 15) is 14.4 Å². The number of rotatable bonds is 5. The Morgan fingerprint density at radius 1 is 0.765 bits per heavy atom. The maximum Gasteiger partial charge on any atom is 0.283 e. The Morgan fingerprint density at radius 3 is 2.12 bits per heavy atom. The fraction of sp³-hybridized carbons (Fsp3) is 0.0800. The minimum Gasteiger partial charge on any atom is -0.349 e. The predicted molar refractivity (Wildman–Crippen MR) is 136 cm³/mol. The minimum atomic E-state index is -0.652. The topological polar surface area (TPSA) is 78.5 Å². The molecule has 6 nitrogen and oxygen atoms in total. The molecule has 0 atom stereocenters. The molecule has 0 fully saturated rings. The predicted octanol–water partition coefficient (Wildman–Crippen LogP) is 6.30. The molecule has 172 valence electrons. The molecule has 1 heterocycles. The number of carbonyl (C=O) groups is 3. The first-order valence-corrected chi connectivity index (χ1v) is 11.3. The van der Waals surface area contributed by atoms with Gasteiger partial charge in [0.1, 0.15) is 10.7 Å². The number of benzene rings is 3. The summed E-state index contributed by atoms with van der Waals surface area (Å²) in [5.74, 6) is -1.60. The Hall–Kier alpha value is -3.32. The van der Waals surface area contributed by atoms with E-state index >= 15 is 0 Å². The lowest BCUT2D eigenvalue weighted by molar-refractivity contribution is -0.120. The maximum atomic E-state index is 13.0. The SMILES string of the molecule is Cc1cc(Cl)ccc1NC(=O)c1ccc(C)c(NC2=C(Cl)C(=O)N(c3ccc(Cl)cc3)C2=O)c1. The van der Waals surface area contributed by atoms with Gasteiger partial charge in [0, 0.05) is 27.0 Å². The first-order chi connectivity index (χ1) is 16.2. The van der Waals surface area contributed by atoms with Crippen LogP contribution in [0.1, 0.15) is 21.5 Å². The van der Waals surface area contributed by atoms with E-state index in [1.54, 1.807) is 67.6 Å². The highest BCUT2D eigenvalue weighted by Gasteiger charge is 2.39. The van der Waals surface area contributed by atoms with Crippen LogP contribution in [-0.4, -0.2) is 17.7 Å². The summed E-state index contributed by atoms with van der Waals surface area (Å²) < 4.78 is 0. The zero-order chi connectivity index (χ0) is 24.6. The second-order valence-electron chi connectivity index (χ2n) is 7.68. The van der Waals surface area contributed by atoms with Gasteiger partial charge in [0.25, 0.3) is 17.7 Å². The quantitative estimate of drug-likeness (QED) is 0.392. The molecule has 1 aliphatic rings. The summed E-state index contributed by atoms with van der Waals surface area (Å²) in [6.07, 6.45) is 0. The molecular weight excluding hydrogens is 497 g/mol. The molecular formula is C25H18Cl3N3O3. The molecule has 0 unspecified atom stereocenters. The van der Waals surface area contributed by atoms with Crippen molar-refractivity contribution in [1.82, 2.24) is 0 Å². The van der Waals surface area contributed by atoms with Gasteiger partial charge in [-0.15, -0.1) is 0 Å². The summed E-state index contributed by atoms with van der Waals surface area (Å²) in [4.78, 5) is 39.5. The Labute approximate surface area is 211 Å². The van der Waals surface area contributed by atoms with Crippen LogP contribution in [0.5, 0.6) is 0 Å². The minimum absolute atomic E-state index is 0.0733. The van der Waals surface area contributed by atoms with Crippen LogP contribution in [0, 0.1) is 13.8 Å². The highest BCUT2D eigenvalue weighted by atomic mass is 35.5. The summed E-state index contributed by atoms with van der Waals surface area (Å²) in [5.41, 5.74) is 3.29. The number of amides is 3. The van der Waals surface area contributed by atoms with E-state index in [4.69, 9.17) is 34.8 Å². The van der Waals surface area contributed by atoms with Crippen molar-refractivity contribution in [2.75, 3.05) is 15.5 Å². The number of halogens is 3. The van der Waals surface area contributed by atoms with Crippen LogP contribution in [0.4, 0.5) is 17.1 Å². The highest BCUT2D eigenvalue weighted by Crippen LogP contribution is 2.32. The average Bonchev–Trinajstić information content (AvgIpc) is 3.01. The van der Waals surface area contributed by atoms with Crippen molar-refractivity contribution in [3.05, 3.63) is 98.1 Å². The van der Waals surface area contributed by atoms with Gasteiger partial charge < -0.3 is 10.6 Å². The van der Waals surface area contributed by atoms with Gasteiger partial charge in [-0.05, 0) is 79.6 Å². The molecule has 4 rings (SSSR count). The summed E-state index contributed by atoms with van der Waals surface area (Å²) in [7, 11) is 0. The highest BCUT2D eigenvalue weighted by molar-refractivity contribution is 6.53. The van der Waals surface area contributed by atoms with Crippen LogP contribution in [0.25, 0.3) is 0 Å². The summed E-state index contributed by atoms with van der Waals surface area (Å²) >= 11 is 18.1. The third kappa shape index (κ3) is 4.66. The van der Waals surface area contributed by atoms with E-state index in [2.05, 4.69) is 10.6 Å². The van der Waals surface area contributed by atoms with Crippen LogP contribution in [-0.2, 0) is 9.59 Å². The molecule has 34 heavy (non-hydrogen) atoms. The molecule has 9 heteroatoms. The first-order valence-electron chi connectivity index (χ1n) is 10.1. The van der Waals surface area contributed by atoms with Gasteiger partial charge in [-0.3, -0.25) is 14.4 Å². The molecule has 3 amide bonds. The van der Waals surface area contributed by atoms with Crippen LogP contribution in [0.2, 0.25) is 10.0 Å². The molecule has 0 spiro atoms. The zero-order valence-electron chi connectivity index (χ0n) is 18.1. The fourth-order valence-corrected chi connectivity index (χ4v) is 4.00. The van der Waals surface area contributed by atoms with Crippen molar-refractivity contribution in [3.8, 4) is 0 Å². The number of hydrogen-bond donors (Lipinski definition) is 2. The smallest absolute Gasteiger partial charge is 0.283 e. The molecule has 0 aromatic heterocycles. The lowest BCUT2D eigenvalue weighted by Crippen LogP contribution is -2.32. The summed E-state index contributed by atoms with van der Waals surface area (Å²) in [6, 6.07) is 16.4. The molecule has 0 bridgehead atoms. The van der Waals surface area contributed by atoms with E-state index in [-0.39, 0.29) is 16.6 Å². The van der Waals surface area contributed by atoms with E-state index in [1.807, 2.05) is 6.92 Å². The van der Waals surface area contributed by atoms with Crippen molar-refractivity contribution < 1.29 is 14.4 Å². The standard InChI is InChI=1S/C25H18Cl3N3O3/c1-13-3-4-15(23(32)30-19-10-7-17(27)11-14(19)2)12-20(13)29-22-21(28)24(33)31(25(22)34)18-8-5-16(26)6-9-18/h3-12,29H,1-2H3,(H,30,32). The van der Waals surface area contributed by atoms with E-state index < -0.39 is 11.8 Å². The van der Waals surface area contributed by atoms with Crippen LogP contribution in [0.3, 0.4) is 0 Å². The molecule has 3 aromatic rings. The van der Waals surface area contributed by atoms with Gasteiger partial charge in [0.2, 0.25) is 0 Å². The second-order valence-corrected chi connectivity index (χ2v) is 8.93. The molecule has 0 radical (unpaired) electrons. The Kier molecular flexibility index (Phi) is 6.66. The van der Waals surface area contributed by atoms with Gasteiger partial charge in [0.15, 0.2) is 0 Å². The van der Waals surface area contributed by atoms with Crippen molar-refractivity contribution in [2.45, 2.75) is 13.8 Å². The second kappa shape index (κ2) is 9.50. The average molecular weight is 515 g/mol. The molecule has 0 saturated carbocycles. The summed E-state index contributed by atoms with van der Waals surface area (Å²) in [5, 5.41) is 6.59. The Balaban J connectivity index is 1.58. The zero-order valence-corrected chi connectivity index (χ0v) is 20.3. The monoisotopic (exact) mass is 513 g/mol. The third-order valence-electron chi connectivity index (χ3n) is 5.31. The summed E-state index contributed by atoms with van der Waals surface area (Å²) in [6.45, 7) is 3.65. The number of anilines is 3. The van der Waals surface area contributed by atoms with E-state index in [0.717, 1.165) is 16.0 Å². The van der Waals surface area contributed by atoms with Crippen molar-refractivity contribution in [2.24, 2.45) is 0 Å². The normalized spacial score (nSPS) is 13.5. The lowest BCUT2D eigenvalue weighted by Gasteiger charge is -2.16. The maximum absolute atomic E-state index is 13.0. The van der Waals surface area contributed by atoms with Crippen molar-refractivity contribution in [3.63, 3.8) is 0 Å². The molecule has 2 N–H and O–H groups in total. The van der Waals surface area contributed by atoms with Gasteiger partial charge in [-0.25, -0.2) is 4.90 Å². The molecule has 0 saturated heterocycles. The van der Waals surface area contributed by atoms with Crippen LogP contribution >= 0.6 is 34.8 Å². The van der Waals surface area contributed by atoms with Gasteiger partial charge in [0.05, 0.1) is 5.69 Å². The fourth-order valence-electron chi connectivity index (χ4n) is 3.43. The Morgan fingerprint density at radius 2 is 1.44 bits per heavy atom. The number of imide groups is 1. The van der Waals surface area contributed by atoms with Crippen LogP contribution < -0.4 is 15.5 Å². The lowest BCUT2D eigenvalue weighted by atomic mass is 10.1. The Bertz CT molecular complexity index is 1370. The first kappa shape index (κ1) is 23.8. The number of carbonyl (C=O) groups excluding carboxylic acids is 3. The van der Waals surface area contributed by atoms with Crippen LogP contribution in [0.15, 0.2) is 71.4 Å². The van der Waals surface area contributed by atoms with E-state index in [0.29, 0.717) is 32.7 Å². The number of nitrogens with one attached hydrogen (secondary N) is 2.